The summed E-state index contributed by atoms with van der Waals surface area (Å²) in [6.45, 7) is 10.4. The third kappa shape index (κ3) is 5.94. The van der Waals surface area contributed by atoms with Crippen molar-refractivity contribution in [1.82, 2.24) is 14.7 Å². The van der Waals surface area contributed by atoms with Crippen LogP contribution in [0.15, 0.2) is 18.2 Å². The maximum absolute atomic E-state index is 14.3. The summed E-state index contributed by atoms with van der Waals surface area (Å²) >= 11 is 12.9. The van der Waals surface area contributed by atoms with Crippen molar-refractivity contribution in [3.05, 3.63) is 62.0 Å². The summed E-state index contributed by atoms with van der Waals surface area (Å²) < 4.78 is 20.9. The highest BCUT2D eigenvalue weighted by atomic mass is 35.5. The van der Waals surface area contributed by atoms with E-state index in [0.717, 1.165) is 11.3 Å². The minimum Gasteiger partial charge on any atom is -0.465 e. The number of thiophene rings is 1. The molecule has 0 aliphatic heterocycles. The van der Waals surface area contributed by atoms with Crippen LogP contribution in [0.1, 0.15) is 56.4 Å². The molecule has 0 radical (unpaired) electrons. The summed E-state index contributed by atoms with van der Waals surface area (Å²) in [6, 6.07) is 4.53. The number of aromatic nitrogens is 2. The maximum Gasteiger partial charge on any atom is 0.341 e. The maximum atomic E-state index is 14.3. The molecule has 0 bridgehead atoms. The van der Waals surface area contributed by atoms with Gasteiger partial charge in [0.15, 0.2) is 5.11 Å². The number of benzene rings is 1. The Bertz CT molecular complexity index is 1330. The van der Waals surface area contributed by atoms with E-state index in [2.05, 4.69) is 15.7 Å². The number of amides is 1. The van der Waals surface area contributed by atoms with Crippen LogP contribution in [-0.4, -0.2) is 51.9 Å². The Labute approximate surface area is 229 Å². The van der Waals surface area contributed by atoms with Crippen molar-refractivity contribution in [2.75, 3.05) is 30.8 Å². The van der Waals surface area contributed by atoms with Gasteiger partial charge in [-0.15, -0.1) is 11.3 Å². The minimum atomic E-state index is -0.570. The number of methoxy groups -OCH3 is 1. The molecule has 3 aromatic rings. The van der Waals surface area contributed by atoms with Crippen LogP contribution in [0.25, 0.3) is 0 Å². The van der Waals surface area contributed by atoms with Crippen molar-refractivity contribution in [3.63, 3.8) is 0 Å². The molecule has 2 N–H and O–H groups in total. The molecule has 37 heavy (non-hydrogen) atoms. The fourth-order valence-electron chi connectivity index (χ4n) is 3.92. The molecule has 0 unspecified atom stereocenters. The van der Waals surface area contributed by atoms with Gasteiger partial charge in [-0.2, -0.15) is 5.10 Å². The van der Waals surface area contributed by atoms with Crippen LogP contribution in [0.3, 0.4) is 0 Å². The van der Waals surface area contributed by atoms with E-state index in [1.165, 1.54) is 13.2 Å². The Hall–Kier alpha value is -3.02. The number of halogens is 2. The lowest BCUT2D eigenvalue weighted by molar-refractivity contribution is 0.0601. The van der Waals surface area contributed by atoms with Crippen molar-refractivity contribution in [2.24, 2.45) is 0 Å². The van der Waals surface area contributed by atoms with Crippen molar-refractivity contribution < 1.29 is 18.7 Å². The van der Waals surface area contributed by atoms with E-state index in [4.69, 9.17) is 28.6 Å². The highest BCUT2D eigenvalue weighted by molar-refractivity contribution is 7.80. The average molecular weight is 566 g/mol. The number of nitrogens with zero attached hydrogens (tertiary/aromatic N) is 3. The molecule has 0 spiro atoms. The molecule has 0 atom stereocenters. The third-order valence-electron chi connectivity index (χ3n) is 6.00. The van der Waals surface area contributed by atoms with Gasteiger partial charge in [-0.05, 0) is 64.5 Å². The Balaban J connectivity index is 1.88. The summed E-state index contributed by atoms with van der Waals surface area (Å²) in [5.41, 5.74) is 3.11. The van der Waals surface area contributed by atoms with Crippen molar-refractivity contribution in [1.29, 1.82) is 0 Å². The van der Waals surface area contributed by atoms with Crippen molar-refractivity contribution in [2.45, 2.75) is 41.2 Å². The first-order chi connectivity index (χ1) is 17.5. The summed E-state index contributed by atoms with van der Waals surface area (Å²) in [4.78, 5) is 27.7. The second kappa shape index (κ2) is 12.0. The normalized spacial score (nSPS) is 10.8. The third-order valence-corrected chi connectivity index (χ3v) is 7.75. The number of hydrogen-bond donors (Lipinski definition) is 2. The SMILES string of the molecule is CCN(CC)C(=O)c1sc(NC(=S)Nc2c(C)nn(Cc3c(F)cccc3Cl)c2C)c(C(=O)OC)c1C. The first-order valence-corrected chi connectivity index (χ1v) is 13.2. The molecule has 3 rings (SSSR count). The number of thiocarbonyl (C=S) groups is 1. The lowest BCUT2D eigenvalue weighted by atomic mass is 10.1. The molecule has 1 aromatic carbocycles. The topological polar surface area (TPSA) is 88.5 Å². The number of carbonyl (C=O) groups excluding carboxylic acids is 2. The predicted molar refractivity (Wildman–Crippen MR) is 150 cm³/mol. The van der Waals surface area contributed by atoms with Crippen LogP contribution in [0.2, 0.25) is 5.02 Å². The quantitative estimate of drug-likeness (QED) is 0.264. The number of rotatable bonds is 8. The minimum absolute atomic E-state index is 0.146. The van der Waals surface area contributed by atoms with Crippen molar-refractivity contribution in [3.8, 4) is 0 Å². The van der Waals surface area contributed by atoms with Crippen LogP contribution < -0.4 is 10.6 Å². The van der Waals surface area contributed by atoms with Crippen LogP contribution in [-0.2, 0) is 11.3 Å². The highest BCUT2D eigenvalue weighted by Crippen LogP contribution is 2.35. The van der Waals surface area contributed by atoms with Gasteiger partial charge in [0.1, 0.15) is 10.8 Å². The lowest BCUT2D eigenvalue weighted by Crippen LogP contribution is -2.30. The molecule has 8 nitrogen and oxygen atoms in total. The van der Waals surface area contributed by atoms with Crippen LogP contribution in [0.4, 0.5) is 15.1 Å². The van der Waals surface area contributed by atoms with Crippen LogP contribution in [0.5, 0.6) is 0 Å². The van der Waals surface area contributed by atoms with Gasteiger partial charge in [0, 0.05) is 23.7 Å². The number of hydrogen-bond acceptors (Lipinski definition) is 6. The standard InChI is InChI=1S/C25H29ClFN5O3S2/c1-7-31(8-2)23(33)21-13(3)19(24(34)35-6)22(37-21)29-25(36)28-20-14(4)30-32(15(20)5)12-16-17(26)10-9-11-18(16)27/h9-11H,7-8,12H2,1-6H3,(H2,28,29,36). The van der Waals surface area contributed by atoms with E-state index in [-0.39, 0.29) is 23.1 Å². The van der Waals surface area contributed by atoms with Gasteiger partial charge in [-0.1, -0.05) is 17.7 Å². The molecular formula is C25H29ClFN5O3S2. The number of ether oxygens (including phenoxy) is 1. The monoisotopic (exact) mass is 565 g/mol. The van der Waals surface area contributed by atoms with E-state index in [1.54, 1.807) is 35.6 Å². The van der Waals surface area contributed by atoms with Gasteiger partial charge >= 0.3 is 5.97 Å². The van der Waals surface area contributed by atoms with E-state index in [0.29, 0.717) is 56.2 Å². The van der Waals surface area contributed by atoms with E-state index >= 15 is 0 Å². The zero-order chi connectivity index (χ0) is 27.4. The molecule has 0 fully saturated rings. The predicted octanol–water partition coefficient (Wildman–Crippen LogP) is 5.79. The smallest absolute Gasteiger partial charge is 0.341 e. The van der Waals surface area contributed by atoms with E-state index < -0.39 is 11.8 Å². The van der Waals surface area contributed by atoms with Crippen LogP contribution >= 0.6 is 35.2 Å². The molecular weight excluding hydrogens is 537 g/mol. The first-order valence-electron chi connectivity index (χ1n) is 11.6. The number of aryl methyl sites for hydroxylation is 1. The Morgan fingerprint density at radius 1 is 1.22 bits per heavy atom. The molecule has 2 heterocycles. The Kier molecular flexibility index (Phi) is 9.27. The van der Waals surface area contributed by atoms with Gasteiger partial charge in [0.25, 0.3) is 5.91 Å². The number of esters is 1. The van der Waals surface area contributed by atoms with Gasteiger partial charge < -0.3 is 20.3 Å². The molecule has 12 heteroatoms. The van der Waals surface area contributed by atoms with Crippen molar-refractivity contribution >= 4 is 62.8 Å². The Morgan fingerprint density at radius 3 is 2.49 bits per heavy atom. The number of carbonyl (C=O) groups is 2. The zero-order valence-electron chi connectivity index (χ0n) is 21.5. The molecule has 2 aromatic heterocycles. The molecule has 0 saturated carbocycles. The Morgan fingerprint density at radius 2 is 1.89 bits per heavy atom. The van der Waals surface area contributed by atoms with Gasteiger partial charge in [0.2, 0.25) is 0 Å². The van der Waals surface area contributed by atoms with E-state index in [1.807, 2.05) is 20.8 Å². The fourth-order valence-corrected chi connectivity index (χ4v) is 5.58. The molecule has 0 aliphatic carbocycles. The number of anilines is 2. The van der Waals surface area contributed by atoms with Gasteiger partial charge in [-0.3, -0.25) is 9.48 Å². The van der Waals surface area contributed by atoms with E-state index in [9.17, 15) is 14.0 Å². The summed E-state index contributed by atoms with van der Waals surface area (Å²) in [6.07, 6.45) is 0. The van der Waals surface area contributed by atoms with Crippen LogP contribution in [0, 0.1) is 26.6 Å². The lowest BCUT2D eigenvalue weighted by Gasteiger charge is -2.18. The second-order valence-electron chi connectivity index (χ2n) is 8.21. The summed E-state index contributed by atoms with van der Waals surface area (Å²) in [5, 5.41) is 11.6. The average Bonchev–Trinajstić information content (AvgIpc) is 3.31. The molecule has 198 valence electrons. The zero-order valence-corrected chi connectivity index (χ0v) is 23.9. The summed E-state index contributed by atoms with van der Waals surface area (Å²) in [7, 11) is 1.29. The largest absolute Gasteiger partial charge is 0.465 e. The molecule has 0 saturated heterocycles. The molecule has 0 aliphatic rings. The van der Waals surface area contributed by atoms with Gasteiger partial charge in [-0.25, -0.2) is 9.18 Å². The highest BCUT2D eigenvalue weighted by Gasteiger charge is 2.28. The molecule has 1 amide bonds. The first kappa shape index (κ1) is 28.5. The second-order valence-corrected chi connectivity index (χ2v) is 10.0. The summed E-state index contributed by atoms with van der Waals surface area (Å²) in [5.74, 6) is -1.14. The number of nitrogens with one attached hydrogen (secondary N) is 2. The van der Waals surface area contributed by atoms with Gasteiger partial charge in [0.05, 0.1) is 41.2 Å². The fraction of sp³-hybridized carbons (Fsp3) is 0.360.